The maximum Gasteiger partial charge on any atom is 0.484 e. The second-order valence-corrected chi connectivity index (χ2v) is 3.06. The molecule has 1 aliphatic rings. The van der Waals surface area contributed by atoms with Crippen LogP contribution in [0.2, 0.25) is 0 Å². The summed E-state index contributed by atoms with van der Waals surface area (Å²) in [7, 11) is 0. The Kier molecular flexibility index (Phi) is 1.75. The fraction of sp³-hybridized carbons (Fsp3) is 0.500. The van der Waals surface area contributed by atoms with E-state index in [-0.39, 0.29) is 12.2 Å². The number of hydrogen-bond donors (Lipinski definition) is 1. The maximum atomic E-state index is 12.4. The van der Waals surface area contributed by atoms with Gasteiger partial charge in [-0.25, -0.2) is 0 Å². The maximum absolute atomic E-state index is 12.4. The third-order valence-corrected chi connectivity index (χ3v) is 2.21. The first-order valence-corrected chi connectivity index (χ1v) is 4.09. The van der Waals surface area contributed by atoms with Crippen molar-refractivity contribution in [1.82, 2.24) is 4.98 Å². The van der Waals surface area contributed by atoms with Crippen molar-refractivity contribution in [3.05, 3.63) is 18.0 Å². The molecule has 0 fully saturated rings. The number of halogens is 3. The minimum absolute atomic E-state index is 0.0638. The second kappa shape index (κ2) is 2.68. The predicted octanol–water partition coefficient (Wildman–Crippen LogP) is 2.29. The highest BCUT2D eigenvalue weighted by molar-refractivity contribution is 5.53. The van der Waals surface area contributed by atoms with Gasteiger partial charge >= 0.3 is 6.30 Å². The smallest absolute Gasteiger partial charge is 0.363 e. The highest BCUT2D eigenvalue weighted by Gasteiger charge is 2.39. The van der Waals surface area contributed by atoms with E-state index in [4.69, 9.17) is 0 Å². The molecule has 0 aliphatic carbocycles. The van der Waals surface area contributed by atoms with Crippen LogP contribution in [0.25, 0.3) is 0 Å². The van der Waals surface area contributed by atoms with E-state index < -0.39 is 6.30 Å². The topological polar surface area (TPSA) is 19.0 Å². The van der Waals surface area contributed by atoms with Gasteiger partial charge in [-0.05, 0) is 18.9 Å². The lowest BCUT2D eigenvalue weighted by molar-refractivity contribution is -0.130. The standard InChI is InChI=1S/C8H9F3N2/c9-8(10,11)13-5-1-2-6-7(13)3-4-12-6/h3-4,12H,1-2,5H2. The van der Waals surface area contributed by atoms with Crippen LogP contribution in [0.3, 0.4) is 0 Å². The van der Waals surface area contributed by atoms with Crippen molar-refractivity contribution in [2.45, 2.75) is 19.1 Å². The van der Waals surface area contributed by atoms with Crippen LogP contribution in [0.15, 0.2) is 12.3 Å². The molecule has 13 heavy (non-hydrogen) atoms. The fourth-order valence-electron chi connectivity index (χ4n) is 1.65. The zero-order chi connectivity index (χ0) is 9.47. The number of H-pyrrole nitrogens is 1. The summed E-state index contributed by atoms with van der Waals surface area (Å²) in [5.74, 6) is 0. The molecule has 5 heteroatoms. The van der Waals surface area contributed by atoms with Crippen molar-refractivity contribution >= 4 is 5.69 Å². The minimum Gasteiger partial charge on any atom is -0.363 e. The van der Waals surface area contributed by atoms with Gasteiger partial charge in [-0.15, -0.1) is 0 Å². The number of aryl methyl sites for hydroxylation is 1. The summed E-state index contributed by atoms with van der Waals surface area (Å²) in [5, 5.41) is 0. The minimum atomic E-state index is -4.25. The van der Waals surface area contributed by atoms with Crippen LogP contribution in [-0.4, -0.2) is 17.8 Å². The van der Waals surface area contributed by atoms with Crippen molar-refractivity contribution in [3.63, 3.8) is 0 Å². The molecule has 0 spiro atoms. The van der Waals surface area contributed by atoms with Crippen molar-refractivity contribution in [1.29, 1.82) is 0 Å². The van der Waals surface area contributed by atoms with E-state index in [1.807, 2.05) is 0 Å². The predicted molar refractivity (Wildman–Crippen MR) is 42.5 cm³/mol. The van der Waals surface area contributed by atoms with Crippen LogP contribution >= 0.6 is 0 Å². The summed E-state index contributed by atoms with van der Waals surface area (Å²) in [6.45, 7) is 0.0638. The molecule has 0 saturated heterocycles. The van der Waals surface area contributed by atoms with E-state index in [1.165, 1.54) is 6.07 Å². The average Bonchev–Trinajstić information content (AvgIpc) is 2.48. The molecule has 0 amide bonds. The van der Waals surface area contributed by atoms with Gasteiger partial charge in [0.25, 0.3) is 0 Å². The van der Waals surface area contributed by atoms with Crippen LogP contribution in [0.1, 0.15) is 12.1 Å². The van der Waals surface area contributed by atoms with Gasteiger partial charge < -0.3 is 4.98 Å². The first-order chi connectivity index (χ1) is 6.09. The molecule has 0 aromatic carbocycles. The Morgan fingerprint density at radius 1 is 1.38 bits per heavy atom. The molecule has 2 nitrogen and oxygen atoms in total. The molecule has 1 aromatic heterocycles. The Hall–Kier alpha value is -1.13. The molecule has 0 saturated carbocycles. The summed E-state index contributed by atoms with van der Waals surface area (Å²) < 4.78 is 37.2. The number of alkyl halides is 3. The first-order valence-electron chi connectivity index (χ1n) is 4.09. The Balaban J connectivity index is 2.35. The van der Waals surface area contributed by atoms with Gasteiger partial charge in [0.05, 0.1) is 5.69 Å². The van der Waals surface area contributed by atoms with E-state index in [1.54, 1.807) is 6.20 Å². The third-order valence-electron chi connectivity index (χ3n) is 2.21. The van der Waals surface area contributed by atoms with Crippen LogP contribution < -0.4 is 4.90 Å². The summed E-state index contributed by atoms with van der Waals surface area (Å²) in [6.07, 6.45) is -1.45. The molecule has 0 unspecified atom stereocenters. The average molecular weight is 190 g/mol. The van der Waals surface area contributed by atoms with Crippen LogP contribution in [0.5, 0.6) is 0 Å². The number of nitrogens with one attached hydrogen (secondary N) is 1. The lowest BCUT2D eigenvalue weighted by atomic mass is 10.1. The lowest BCUT2D eigenvalue weighted by Gasteiger charge is -2.30. The molecule has 0 bridgehead atoms. The molecule has 2 rings (SSSR count). The van der Waals surface area contributed by atoms with E-state index in [0.717, 1.165) is 0 Å². The van der Waals surface area contributed by atoms with E-state index in [9.17, 15) is 13.2 Å². The van der Waals surface area contributed by atoms with Crippen molar-refractivity contribution < 1.29 is 13.2 Å². The highest BCUT2D eigenvalue weighted by Crippen LogP contribution is 2.34. The molecular formula is C8H9F3N2. The third kappa shape index (κ3) is 1.38. The van der Waals surface area contributed by atoms with Crippen molar-refractivity contribution in [3.8, 4) is 0 Å². The van der Waals surface area contributed by atoms with E-state index in [0.29, 0.717) is 23.4 Å². The van der Waals surface area contributed by atoms with Gasteiger partial charge in [0.2, 0.25) is 0 Å². The lowest BCUT2D eigenvalue weighted by Crippen LogP contribution is -2.41. The monoisotopic (exact) mass is 190 g/mol. The highest BCUT2D eigenvalue weighted by atomic mass is 19.4. The number of hydrogen-bond acceptors (Lipinski definition) is 1. The van der Waals surface area contributed by atoms with Gasteiger partial charge in [0.1, 0.15) is 0 Å². The summed E-state index contributed by atoms with van der Waals surface area (Å²) in [6, 6.07) is 1.47. The largest absolute Gasteiger partial charge is 0.484 e. The molecule has 0 atom stereocenters. The van der Waals surface area contributed by atoms with E-state index in [2.05, 4.69) is 4.98 Å². The normalized spacial score (nSPS) is 17.3. The van der Waals surface area contributed by atoms with Gasteiger partial charge in [-0.1, -0.05) is 0 Å². The van der Waals surface area contributed by atoms with Gasteiger partial charge in [-0.2, -0.15) is 13.2 Å². The summed E-state index contributed by atoms with van der Waals surface area (Å²) >= 11 is 0. The fourth-order valence-corrected chi connectivity index (χ4v) is 1.65. The number of anilines is 1. The quantitative estimate of drug-likeness (QED) is 0.622. The Morgan fingerprint density at radius 3 is 2.85 bits per heavy atom. The Morgan fingerprint density at radius 2 is 2.15 bits per heavy atom. The van der Waals surface area contributed by atoms with Gasteiger partial charge in [0, 0.05) is 18.4 Å². The molecule has 1 N–H and O–H groups in total. The van der Waals surface area contributed by atoms with E-state index >= 15 is 0 Å². The molecular weight excluding hydrogens is 181 g/mol. The number of fused-ring (bicyclic) bond motifs is 1. The molecule has 1 aliphatic heterocycles. The Labute approximate surface area is 73.4 Å². The first kappa shape index (κ1) is 8.47. The second-order valence-electron chi connectivity index (χ2n) is 3.06. The number of rotatable bonds is 0. The van der Waals surface area contributed by atoms with Crippen molar-refractivity contribution in [2.24, 2.45) is 0 Å². The summed E-state index contributed by atoms with van der Waals surface area (Å²) in [5.41, 5.74) is 0.960. The summed E-state index contributed by atoms with van der Waals surface area (Å²) in [4.78, 5) is 3.31. The molecule has 72 valence electrons. The number of nitrogens with zero attached hydrogens (tertiary/aromatic N) is 1. The van der Waals surface area contributed by atoms with Crippen molar-refractivity contribution in [2.75, 3.05) is 11.4 Å². The van der Waals surface area contributed by atoms with Gasteiger partial charge in [-0.3, -0.25) is 4.90 Å². The van der Waals surface area contributed by atoms with Crippen LogP contribution in [0, 0.1) is 0 Å². The van der Waals surface area contributed by atoms with Gasteiger partial charge in [0.15, 0.2) is 0 Å². The number of aromatic amines is 1. The SMILES string of the molecule is FC(F)(F)N1CCCc2[nH]ccc21. The molecule has 0 radical (unpaired) electrons. The molecule has 2 heterocycles. The van der Waals surface area contributed by atoms with Crippen LogP contribution in [0.4, 0.5) is 18.9 Å². The zero-order valence-corrected chi connectivity index (χ0v) is 6.86. The zero-order valence-electron chi connectivity index (χ0n) is 6.86. The van der Waals surface area contributed by atoms with Crippen LogP contribution in [-0.2, 0) is 6.42 Å². The molecule has 1 aromatic rings. The Bertz CT molecular complexity index is 303. The number of aromatic nitrogens is 1.